The number of rotatable bonds is 4. The molecule has 37 heavy (non-hydrogen) atoms. The third-order valence-electron chi connectivity index (χ3n) is 7.11. The van der Waals surface area contributed by atoms with Crippen molar-refractivity contribution in [1.82, 2.24) is 0 Å². The summed E-state index contributed by atoms with van der Waals surface area (Å²) in [6.07, 6.45) is 0. The van der Waals surface area contributed by atoms with Crippen LogP contribution in [-0.4, -0.2) is 27.9 Å². The minimum absolute atomic E-state index is 0.0225. The summed E-state index contributed by atoms with van der Waals surface area (Å²) in [4.78, 5) is 13.7. The molecule has 5 heteroatoms. The molecule has 1 atom stereocenters. The second-order valence-electron chi connectivity index (χ2n) is 9.09. The van der Waals surface area contributed by atoms with Crippen LogP contribution < -0.4 is 0 Å². The van der Waals surface area contributed by atoms with Gasteiger partial charge in [0.1, 0.15) is 11.5 Å². The van der Waals surface area contributed by atoms with Crippen LogP contribution in [0, 0.1) is 0 Å². The highest BCUT2D eigenvalue weighted by molar-refractivity contribution is 6.16. The topological polar surface area (TPSA) is 87.0 Å². The summed E-state index contributed by atoms with van der Waals surface area (Å²) in [5, 5.41) is 40.3. The van der Waals surface area contributed by atoms with Crippen molar-refractivity contribution in [3.8, 4) is 11.5 Å². The number of carbonyl (C=O) groups excluding carboxylic acids is 1. The third-order valence-corrected chi connectivity index (χ3v) is 7.11. The van der Waals surface area contributed by atoms with Gasteiger partial charge in [0, 0.05) is 21.9 Å². The first kappa shape index (κ1) is 22.8. The van der Waals surface area contributed by atoms with Gasteiger partial charge in [-0.05, 0) is 45.3 Å². The molecule has 5 nitrogen and oxygen atoms in total. The van der Waals surface area contributed by atoms with Crippen LogP contribution in [0.3, 0.4) is 0 Å². The number of aliphatic hydroxyl groups is 1. The van der Waals surface area contributed by atoms with E-state index in [1.807, 2.05) is 54.6 Å². The summed E-state index contributed by atoms with van der Waals surface area (Å²) in [6.45, 7) is 1.70. The molecular weight excluding hydrogens is 464 g/mol. The highest BCUT2D eigenvalue weighted by Gasteiger charge is 2.46. The van der Waals surface area contributed by atoms with E-state index in [1.165, 1.54) is 0 Å². The molecule has 0 heterocycles. The number of fused-ring (bicyclic) bond motifs is 6. The molecule has 0 bridgehead atoms. The number of benzene rings is 6. The molecule has 0 aliphatic carbocycles. The summed E-state index contributed by atoms with van der Waals surface area (Å²) in [5.74, 6) is -1.09. The summed E-state index contributed by atoms with van der Waals surface area (Å²) in [7, 11) is 0. The average molecular weight is 489 g/mol. The molecular formula is C32H24O5. The molecule has 6 rings (SSSR count). The molecule has 0 aromatic heterocycles. The number of phenolic OH excluding ortho intramolecular Hbond substituents is 2. The lowest BCUT2D eigenvalue weighted by Crippen LogP contribution is -2.39. The molecule has 0 aliphatic heterocycles. The molecule has 0 amide bonds. The van der Waals surface area contributed by atoms with E-state index in [4.69, 9.17) is 4.74 Å². The lowest BCUT2D eigenvalue weighted by molar-refractivity contribution is -0.161. The van der Waals surface area contributed by atoms with Gasteiger partial charge in [-0.25, -0.2) is 4.79 Å². The minimum atomic E-state index is -2.38. The Hall–Kier alpha value is -4.61. The third kappa shape index (κ3) is 3.25. The van der Waals surface area contributed by atoms with E-state index in [1.54, 1.807) is 49.4 Å². The highest BCUT2D eigenvalue weighted by atomic mass is 16.5. The first-order chi connectivity index (χ1) is 18.0. The van der Waals surface area contributed by atoms with Crippen molar-refractivity contribution in [3.05, 3.63) is 108 Å². The number of carbonyl (C=O) groups is 1. The van der Waals surface area contributed by atoms with Gasteiger partial charge < -0.3 is 20.1 Å². The first-order valence-corrected chi connectivity index (χ1v) is 12.1. The number of hydrogen-bond donors (Lipinski definition) is 3. The van der Waals surface area contributed by atoms with Crippen LogP contribution in [0.5, 0.6) is 11.5 Å². The molecule has 6 aromatic rings. The van der Waals surface area contributed by atoms with Crippen molar-refractivity contribution >= 4 is 49.1 Å². The van der Waals surface area contributed by atoms with Crippen molar-refractivity contribution in [2.24, 2.45) is 0 Å². The maximum absolute atomic E-state index is 13.7. The molecule has 0 aliphatic rings. The standard InChI is InChI=1S/C32H24O5/c1-2-37-31(35)32(36,27-17-9-16-22-19-10-3-6-13-23(19)28(33)18-26(22)27)29-24-14-7-4-11-20(24)21-12-5-8-15-25(21)30(29)34/h3-18,33-34,36H,2H2,1H3. The average Bonchev–Trinajstić information content (AvgIpc) is 2.93. The van der Waals surface area contributed by atoms with Crippen molar-refractivity contribution < 1.29 is 24.9 Å². The minimum Gasteiger partial charge on any atom is -0.507 e. The lowest BCUT2D eigenvalue weighted by atomic mass is 9.79. The zero-order valence-corrected chi connectivity index (χ0v) is 20.1. The van der Waals surface area contributed by atoms with Gasteiger partial charge in [0.05, 0.1) is 6.61 Å². The molecule has 3 N–H and O–H groups in total. The fourth-order valence-electron chi connectivity index (χ4n) is 5.50. The smallest absolute Gasteiger partial charge is 0.347 e. The van der Waals surface area contributed by atoms with Crippen LogP contribution in [0.1, 0.15) is 18.1 Å². The van der Waals surface area contributed by atoms with Gasteiger partial charge in [-0.15, -0.1) is 0 Å². The highest BCUT2D eigenvalue weighted by Crippen LogP contribution is 2.48. The van der Waals surface area contributed by atoms with Crippen LogP contribution in [-0.2, 0) is 15.1 Å². The molecule has 1 unspecified atom stereocenters. The van der Waals surface area contributed by atoms with Crippen LogP contribution in [0.2, 0.25) is 0 Å². The molecule has 0 fully saturated rings. The van der Waals surface area contributed by atoms with Crippen molar-refractivity contribution in [3.63, 3.8) is 0 Å². The summed E-state index contributed by atoms with van der Waals surface area (Å²) < 4.78 is 5.44. The van der Waals surface area contributed by atoms with Crippen molar-refractivity contribution in [2.45, 2.75) is 12.5 Å². The zero-order valence-electron chi connectivity index (χ0n) is 20.1. The fraction of sp³-hybridized carbons (Fsp3) is 0.0938. The number of hydrogen-bond acceptors (Lipinski definition) is 5. The van der Waals surface area contributed by atoms with Crippen LogP contribution in [0.25, 0.3) is 43.1 Å². The van der Waals surface area contributed by atoms with Gasteiger partial charge in [-0.2, -0.15) is 0 Å². The van der Waals surface area contributed by atoms with Gasteiger partial charge in [0.25, 0.3) is 0 Å². The Morgan fingerprint density at radius 1 is 0.676 bits per heavy atom. The molecule has 0 radical (unpaired) electrons. The normalized spacial score (nSPS) is 13.2. The SMILES string of the molecule is CCOC(=O)C(O)(c1cccc2c1cc(O)c1ccccc12)c1c(O)c2ccccc2c2ccccc12. The van der Waals surface area contributed by atoms with Gasteiger partial charge in [0.15, 0.2) is 0 Å². The summed E-state index contributed by atoms with van der Waals surface area (Å²) >= 11 is 0. The quantitative estimate of drug-likeness (QED) is 0.195. The second-order valence-corrected chi connectivity index (χ2v) is 9.09. The van der Waals surface area contributed by atoms with E-state index in [0.29, 0.717) is 21.5 Å². The monoisotopic (exact) mass is 488 g/mol. The Labute approximate surface area is 212 Å². The zero-order chi connectivity index (χ0) is 25.7. The molecule has 6 aromatic carbocycles. The number of ether oxygens (including phenoxy) is 1. The Balaban J connectivity index is 1.81. The number of esters is 1. The number of phenols is 2. The Bertz CT molecular complexity index is 1860. The van der Waals surface area contributed by atoms with Gasteiger partial charge >= 0.3 is 5.97 Å². The Morgan fingerprint density at radius 2 is 1.16 bits per heavy atom. The lowest BCUT2D eigenvalue weighted by Gasteiger charge is -2.30. The molecule has 182 valence electrons. The predicted octanol–water partition coefficient (Wildman–Crippen LogP) is 6.51. The maximum atomic E-state index is 13.7. The van der Waals surface area contributed by atoms with Crippen LogP contribution in [0.15, 0.2) is 97.1 Å². The summed E-state index contributed by atoms with van der Waals surface area (Å²) in [6, 6.07) is 28.9. The second kappa shape index (κ2) is 8.50. The molecule has 0 saturated carbocycles. The van der Waals surface area contributed by atoms with Crippen molar-refractivity contribution in [2.75, 3.05) is 6.61 Å². The molecule has 0 spiro atoms. The molecule has 0 saturated heterocycles. The maximum Gasteiger partial charge on any atom is 0.347 e. The van der Waals surface area contributed by atoms with Crippen LogP contribution >= 0.6 is 0 Å². The van der Waals surface area contributed by atoms with Gasteiger partial charge in [0.2, 0.25) is 5.60 Å². The van der Waals surface area contributed by atoms with E-state index in [-0.39, 0.29) is 29.2 Å². The summed E-state index contributed by atoms with van der Waals surface area (Å²) in [5.41, 5.74) is -2.13. The van der Waals surface area contributed by atoms with E-state index in [9.17, 15) is 20.1 Å². The van der Waals surface area contributed by atoms with Crippen LogP contribution in [0.4, 0.5) is 0 Å². The van der Waals surface area contributed by atoms with Crippen molar-refractivity contribution in [1.29, 1.82) is 0 Å². The van der Waals surface area contributed by atoms with E-state index in [2.05, 4.69) is 0 Å². The largest absolute Gasteiger partial charge is 0.507 e. The Morgan fingerprint density at radius 3 is 1.81 bits per heavy atom. The Kier molecular flexibility index (Phi) is 5.25. The van der Waals surface area contributed by atoms with E-state index in [0.717, 1.165) is 21.5 Å². The van der Waals surface area contributed by atoms with Gasteiger partial charge in [-0.1, -0.05) is 91.0 Å². The fourth-order valence-corrected chi connectivity index (χ4v) is 5.50. The van der Waals surface area contributed by atoms with E-state index < -0.39 is 11.6 Å². The first-order valence-electron chi connectivity index (χ1n) is 12.1. The van der Waals surface area contributed by atoms with Gasteiger partial charge in [-0.3, -0.25) is 0 Å². The number of aromatic hydroxyl groups is 2. The predicted molar refractivity (Wildman–Crippen MR) is 146 cm³/mol. The van der Waals surface area contributed by atoms with E-state index >= 15 is 0 Å².